The van der Waals surface area contributed by atoms with Gasteiger partial charge in [0, 0.05) is 45.1 Å². The van der Waals surface area contributed by atoms with Crippen LogP contribution in [-0.4, -0.2) is 65.8 Å². The van der Waals surface area contributed by atoms with Crippen molar-refractivity contribution in [3.63, 3.8) is 0 Å². The molecule has 3 saturated heterocycles. The van der Waals surface area contributed by atoms with Crippen LogP contribution in [-0.2, 0) is 16.1 Å². The Morgan fingerprint density at radius 3 is 2.31 bits per heavy atom. The zero-order valence-corrected chi connectivity index (χ0v) is 21.9. The number of amides is 2. The molecule has 0 aliphatic carbocycles. The van der Waals surface area contributed by atoms with Crippen LogP contribution >= 0.6 is 12.4 Å². The lowest BCUT2D eigenvalue weighted by Gasteiger charge is -2.39. The number of carbonyl (C=O) groups is 2. The summed E-state index contributed by atoms with van der Waals surface area (Å²) in [7, 11) is 0. The lowest BCUT2D eigenvalue weighted by molar-refractivity contribution is -0.139. The largest absolute Gasteiger partial charge is 0.342 e. The van der Waals surface area contributed by atoms with Crippen molar-refractivity contribution in [3.8, 4) is 0 Å². The molecule has 3 fully saturated rings. The molecule has 194 valence electrons. The number of carbonyl (C=O) groups excluding carboxylic acids is 2. The van der Waals surface area contributed by atoms with E-state index in [-0.39, 0.29) is 35.5 Å². The second kappa shape index (κ2) is 11.3. The van der Waals surface area contributed by atoms with E-state index < -0.39 is 0 Å². The van der Waals surface area contributed by atoms with Crippen LogP contribution in [0.2, 0.25) is 0 Å². The highest BCUT2D eigenvalue weighted by molar-refractivity contribution is 5.85. The van der Waals surface area contributed by atoms with Crippen LogP contribution in [0, 0.1) is 17.2 Å². The Kier molecular flexibility index (Phi) is 8.36. The molecule has 3 aliphatic heterocycles. The van der Waals surface area contributed by atoms with Crippen LogP contribution in [0.25, 0.3) is 0 Å². The third kappa shape index (κ3) is 5.45. The zero-order chi connectivity index (χ0) is 24.4. The Labute approximate surface area is 220 Å². The standard InChI is InChI=1S/C29H36FN3O2.ClH/c1-2-27(34)33-20-24(26(21-33)23-6-4-3-5-7-23)19-31-15-12-29(13-16-31)14-17-32(28(29)35)18-22-8-10-25(30)11-9-22;/h3-11,24,26H,2,12-21H2,1H3;1H/t24-,26?;/m0./s1. The van der Waals surface area contributed by atoms with Gasteiger partial charge in [-0.1, -0.05) is 49.4 Å². The minimum atomic E-state index is -0.246. The van der Waals surface area contributed by atoms with Crippen LogP contribution < -0.4 is 0 Å². The van der Waals surface area contributed by atoms with Crippen LogP contribution in [0.15, 0.2) is 54.6 Å². The molecule has 2 aromatic carbocycles. The highest BCUT2D eigenvalue weighted by Gasteiger charge is 2.48. The zero-order valence-electron chi connectivity index (χ0n) is 21.1. The maximum absolute atomic E-state index is 13.4. The molecule has 2 atom stereocenters. The summed E-state index contributed by atoms with van der Waals surface area (Å²) < 4.78 is 13.2. The van der Waals surface area contributed by atoms with Crippen molar-refractivity contribution in [2.75, 3.05) is 39.3 Å². The first kappa shape index (κ1) is 26.6. The molecule has 7 heteroatoms. The SMILES string of the molecule is CCC(=O)N1CC(c2ccccc2)[C@@H](CN2CCC3(CC2)CCN(Cc2ccc(F)cc2)C3=O)C1.Cl. The molecule has 36 heavy (non-hydrogen) atoms. The first-order valence-electron chi connectivity index (χ1n) is 13.1. The normalized spacial score (nSPS) is 23.8. The molecule has 0 aromatic heterocycles. The maximum atomic E-state index is 13.4. The lowest BCUT2D eigenvalue weighted by atomic mass is 9.76. The maximum Gasteiger partial charge on any atom is 0.229 e. The van der Waals surface area contributed by atoms with Gasteiger partial charge in [0.1, 0.15) is 5.82 Å². The quantitative estimate of drug-likeness (QED) is 0.561. The van der Waals surface area contributed by atoms with Crippen molar-refractivity contribution >= 4 is 24.2 Å². The summed E-state index contributed by atoms with van der Waals surface area (Å²) in [6.45, 7) is 7.72. The first-order chi connectivity index (χ1) is 17.0. The number of piperidine rings is 1. The average molecular weight is 514 g/mol. The fourth-order valence-electron chi connectivity index (χ4n) is 6.37. The van der Waals surface area contributed by atoms with Crippen LogP contribution in [0.3, 0.4) is 0 Å². The molecule has 5 rings (SSSR count). The van der Waals surface area contributed by atoms with Gasteiger partial charge in [0.2, 0.25) is 11.8 Å². The molecule has 1 spiro atoms. The third-order valence-electron chi connectivity index (χ3n) is 8.52. The third-order valence-corrected chi connectivity index (χ3v) is 8.52. The van der Waals surface area contributed by atoms with Gasteiger partial charge in [0.25, 0.3) is 0 Å². The molecule has 3 heterocycles. The molecule has 0 radical (unpaired) electrons. The molecule has 2 amide bonds. The highest BCUT2D eigenvalue weighted by Crippen LogP contribution is 2.43. The van der Waals surface area contributed by atoms with Gasteiger partial charge in [0.15, 0.2) is 0 Å². The van der Waals surface area contributed by atoms with Gasteiger partial charge in [0.05, 0.1) is 5.41 Å². The number of hydrogen-bond donors (Lipinski definition) is 0. The van der Waals surface area contributed by atoms with E-state index in [1.807, 2.05) is 22.8 Å². The molecule has 0 saturated carbocycles. The summed E-state index contributed by atoms with van der Waals surface area (Å²) in [5, 5.41) is 0. The van der Waals surface area contributed by atoms with Crippen LogP contribution in [0.4, 0.5) is 4.39 Å². The van der Waals surface area contributed by atoms with E-state index >= 15 is 0 Å². The summed E-state index contributed by atoms with van der Waals surface area (Å²) in [4.78, 5) is 32.4. The number of likely N-dealkylation sites (tertiary alicyclic amines) is 3. The Morgan fingerprint density at radius 1 is 0.972 bits per heavy atom. The van der Waals surface area contributed by atoms with Gasteiger partial charge >= 0.3 is 0 Å². The summed E-state index contributed by atoms with van der Waals surface area (Å²) in [6, 6.07) is 17.1. The van der Waals surface area contributed by atoms with Gasteiger partial charge in [-0.3, -0.25) is 9.59 Å². The Morgan fingerprint density at radius 2 is 1.64 bits per heavy atom. The Balaban J connectivity index is 0.00000304. The second-order valence-electron chi connectivity index (χ2n) is 10.6. The van der Waals surface area contributed by atoms with E-state index in [1.54, 1.807) is 12.1 Å². The number of hydrogen-bond acceptors (Lipinski definition) is 3. The van der Waals surface area contributed by atoms with Crippen molar-refractivity contribution < 1.29 is 14.0 Å². The molecule has 3 aliphatic rings. The minimum absolute atomic E-state index is 0. The highest BCUT2D eigenvalue weighted by atomic mass is 35.5. The smallest absolute Gasteiger partial charge is 0.229 e. The van der Waals surface area contributed by atoms with E-state index in [0.29, 0.717) is 24.8 Å². The Hall–Kier alpha value is -2.44. The minimum Gasteiger partial charge on any atom is -0.342 e. The van der Waals surface area contributed by atoms with Crippen molar-refractivity contribution in [1.29, 1.82) is 0 Å². The monoisotopic (exact) mass is 513 g/mol. The number of benzene rings is 2. The number of halogens is 2. The molecule has 5 nitrogen and oxygen atoms in total. The van der Waals surface area contributed by atoms with E-state index in [9.17, 15) is 14.0 Å². The summed E-state index contributed by atoms with van der Waals surface area (Å²) in [6.07, 6.45) is 3.25. The number of nitrogens with zero attached hydrogens (tertiary/aromatic N) is 3. The van der Waals surface area contributed by atoms with Gasteiger partial charge < -0.3 is 14.7 Å². The van der Waals surface area contributed by atoms with Gasteiger partial charge in [-0.05, 0) is 61.5 Å². The predicted molar refractivity (Wildman–Crippen MR) is 141 cm³/mol. The molecule has 0 N–H and O–H groups in total. The summed E-state index contributed by atoms with van der Waals surface area (Å²) >= 11 is 0. The van der Waals surface area contributed by atoms with Gasteiger partial charge in [-0.2, -0.15) is 0 Å². The Bertz CT molecular complexity index is 1040. The topological polar surface area (TPSA) is 43.9 Å². The number of rotatable bonds is 6. The first-order valence-corrected chi connectivity index (χ1v) is 13.1. The van der Waals surface area contributed by atoms with Gasteiger partial charge in [-0.25, -0.2) is 4.39 Å². The van der Waals surface area contributed by atoms with Crippen molar-refractivity contribution in [1.82, 2.24) is 14.7 Å². The van der Waals surface area contributed by atoms with E-state index in [4.69, 9.17) is 0 Å². The van der Waals surface area contributed by atoms with Crippen molar-refractivity contribution in [2.45, 2.75) is 45.1 Å². The molecule has 0 bridgehead atoms. The van der Waals surface area contributed by atoms with Crippen LogP contribution in [0.5, 0.6) is 0 Å². The second-order valence-corrected chi connectivity index (χ2v) is 10.6. The fraction of sp³-hybridized carbons (Fsp3) is 0.517. The fourth-order valence-corrected chi connectivity index (χ4v) is 6.37. The van der Waals surface area contributed by atoms with E-state index in [0.717, 1.165) is 64.1 Å². The van der Waals surface area contributed by atoms with Crippen molar-refractivity contribution in [3.05, 3.63) is 71.5 Å². The predicted octanol–water partition coefficient (Wildman–Crippen LogP) is 4.71. The molecular weight excluding hydrogens is 477 g/mol. The summed E-state index contributed by atoms with van der Waals surface area (Å²) in [5.74, 6) is 1.04. The molecule has 1 unspecified atom stereocenters. The summed E-state index contributed by atoms with van der Waals surface area (Å²) in [5.41, 5.74) is 2.06. The molecular formula is C29H37ClFN3O2. The molecule has 2 aromatic rings. The van der Waals surface area contributed by atoms with E-state index in [1.165, 1.54) is 17.7 Å². The van der Waals surface area contributed by atoms with Gasteiger partial charge in [-0.15, -0.1) is 12.4 Å². The van der Waals surface area contributed by atoms with E-state index in [2.05, 4.69) is 29.2 Å². The van der Waals surface area contributed by atoms with Crippen molar-refractivity contribution in [2.24, 2.45) is 11.3 Å². The average Bonchev–Trinajstić information content (AvgIpc) is 3.44. The van der Waals surface area contributed by atoms with Crippen LogP contribution in [0.1, 0.15) is 49.7 Å². The lowest BCUT2D eigenvalue weighted by Crippen LogP contribution is -2.46.